The van der Waals surface area contributed by atoms with Crippen molar-refractivity contribution in [2.45, 2.75) is 18.9 Å². The van der Waals surface area contributed by atoms with Crippen LogP contribution < -0.4 is 29.2 Å². The number of aliphatic hydroxyl groups is 1. The number of ether oxygens (including phenoxy) is 5. The van der Waals surface area contributed by atoms with Crippen molar-refractivity contribution in [3.8, 4) is 23.0 Å². The number of carbonyl (C=O) groups is 2. The first-order chi connectivity index (χ1) is 24.7. The van der Waals surface area contributed by atoms with Crippen LogP contribution in [0.3, 0.4) is 0 Å². The molecule has 6 rings (SSSR count). The summed E-state index contributed by atoms with van der Waals surface area (Å²) in [6.07, 6.45) is -0.480. The lowest BCUT2D eigenvalue weighted by molar-refractivity contribution is -0.385. The zero-order valence-electron chi connectivity index (χ0n) is 28.0. The average Bonchev–Trinajstić information content (AvgIpc) is 3.75. The summed E-state index contributed by atoms with van der Waals surface area (Å²) in [5, 5.41) is 25.5. The number of nitro groups is 1. The topological polar surface area (TPSA) is 175 Å². The molecular weight excluding hydrogens is 684 g/mol. The van der Waals surface area contributed by atoms with Gasteiger partial charge in [0.2, 0.25) is 5.75 Å². The maximum Gasteiger partial charge on any atom is 0.411 e. The summed E-state index contributed by atoms with van der Waals surface area (Å²) in [5.41, 5.74) is 2.92. The van der Waals surface area contributed by atoms with E-state index < -0.39 is 11.0 Å². The maximum atomic E-state index is 14.2. The Morgan fingerprint density at radius 1 is 1.02 bits per heavy atom. The number of benzene rings is 4. The van der Waals surface area contributed by atoms with Gasteiger partial charge in [-0.2, -0.15) is 0 Å². The van der Waals surface area contributed by atoms with Crippen LogP contribution in [0.1, 0.15) is 34.0 Å². The van der Waals surface area contributed by atoms with Gasteiger partial charge in [0.1, 0.15) is 18.1 Å². The van der Waals surface area contributed by atoms with Gasteiger partial charge in [0.15, 0.2) is 11.5 Å². The van der Waals surface area contributed by atoms with Gasteiger partial charge in [-0.05, 0) is 35.2 Å². The van der Waals surface area contributed by atoms with Crippen molar-refractivity contribution >= 4 is 62.3 Å². The number of aromatic nitrogens is 1. The Kier molecular flexibility index (Phi) is 10.3. The van der Waals surface area contributed by atoms with Crippen LogP contribution in [0.2, 0.25) is 0 Å². The number of rotatable bonds is 13. The lowest BCUT2D eigenvalue weighted by Gasteiger charge is -2.19. The summed E-state index contributed by atoms with van der Waals surface area (Å²) in [6.45, 7) is 0.0475. The molecule has 15 heteroatoms. The Labute approximate surface area is 296 Å². The smallest absolute Gasteiger partial charge is 0.411 e. The van der Waals surface area contributed by atoms with Crippen LogP contribution in [-0.2, 0) is 11.3 Å². The summed E-state index contributed by atoms with van der Waals surface area (Å²) >= 11 is 6.49. The molecular formula is C36H35ClN4O10. The summed E-state index contributed by atoms with van der Waals surface area (Å²) in [4.78, 5) is 43.1. The maximum absolute atomic E-state index is 14.2. The van der Waals surface area contributed by atoms with Crippen molar-refractivity contribution in [1.29, 1.82) is 0 Å². The second-order valence-electron chi connectivity index (χ2n) is 11.6. The van der Waals surface area contributed by atoms with Crippen molar-refractivity contribution in [2.75, 3.05) is 57.2 Å². The van der Waals surface area contributed by atoms with Crippen LogP contribution in [-0.4, -0.2) is 74.0 Å². The van der Waals surface area contributed by atoms with Gasteiger partial charge < -0.3 is 38.7 Å². The Morgan fingerprint density at radius 3 is 2.47 bits per heavy atom. The number of halogens is 1. The highest BCUT2D eigenvalue weighted by Gasteiger charge is 2.36. The van der Waals surface area contributed by atoms with Gasteiger partial charge in [0.25, 0.3) is 11.6 Å². The van der Waals surface area contributed by atoms with Gasteiger partial charge in [-0.3, -0.25) is 20.2 Å². The van der Waals surface area contributed by atoms with Gasteiger partial charge in [0.05, 0.1) is 55.8 Å². The quantitative estimate of drug-likeness (QED) is 0.0511. The van der Waals surface area contributed by atoms with E-state index in [0.29, 0.717) is 63.7 Å². The molecule has 2 amide bonds. The molecule has 0 radical (unpaired) electrons. The molecule has 5 aromatic rings. The van der Waals surface area contributed by atoms with E-state index in [4.69, 9.17) is 40.4 Å². The molecule has 14 nitrogen and oxygen atoms in total. The van der Waals surface area contributed by atoms with Crippen LogP contribution in [0, 0.1) is 10.1 Å². The van der Waals surface area contributed by atoms with Gasteiger partial charge in [-0.15, -0.1) is 11.6 Å². The van der Waals surface area contributed by atoms with Gasteiger partial charge >= 0.3 is 6.09 Å². The van der Waals surface area contributed by atoms with E-state index >= 15 is 0 Å². The number of H-pyrrole nitrogens is 1. The predicted octanol–water partition coefficient (Wildman–Crippen LogP) is 6.75. The second kappa shape index (κ2) is 15.0. The van der Waals surface area contributed by atoms with E-state index in [9.17, 15) is 19.7 Å². The van der Waals surface area contributed by atoms with Crippen LogP contribution >= 0.6 is 11.6 Å². The first kappa shape index (κ1) is 35.1. The van der Waals surface area contributed by atoms with Gasteiger partial charge in [-0.1, -0.05) is 24.3 Å². The highest BCUT2D eigenvalue weighted by atomic mass is 35.5. The molecule has 51 heavy (non-hydrogen) atoms. The molecule has 3 N–H and O–H groups in total. The molecule has 0 saturated heterocycles. The number of carbonyl (C=O) groups excluding carboxylic acids is 2. The lowest BCUT2D eigenvalue weighted by atomic mass is 9.95. The fraction of sp³-hybridized carbons (Fsp3) is 0.278. The summed E-state index contributed by atoms with van der Waals surface area (Å²) in [7, 11) is 4.52. The number of nitro benzene ring substituents is 1. The van der Waals surface area contributed by atoms with E-state index in [-0.39, 0.29) is 49.0 Å². The molecule has 0 bridgehead atoms. The Hall–Kier alpha value is -5.73. The molecule has 0 spiro atoms. The largest absolute Gasteiger partial charge is 0.493 e. The number of non-ortho nitro benzene ring substituents is 1. The van der Waals surface area contributed by atoms with Crippen molar-refractivity contribution in [1.82, 2.24) is 4.98 Å². The summed E-state index contributed by atoms with van der Waals surface area (Å²) in [6, 6.07) is 16.7. The molecule has 1 unspecified atom stereocenters. The number of hydrogen-bond donors (Lipinski definition) is 3. The lowest BCUT2D eigenvalue weighted by Crippen LogP contribution is -2.30. The summed E-state index contributed by atoms with van der Waals surface area (Å²) < 4.78 is 27.8. The predicted molar refractivity (Wildman–Crippen MR) is 191 cm³/mol. The zero-order chi connectivity index (χ0) is 36.2. The van der Waals surface area contributed by atoms with Gasteiger partial charge in [-0.25, -0.2) is 4.79 Å². The highest BCUT2D eigenvalue weighted by molar-refractivity contribution is 6.20. The first-order valence-electron chi connectivity index (χ1n) is 15.9. The average molecular weight is 719 g/mol. The van der Waals surface area contributed by atoms with E-state index in [2.05, 4.69) is 10.3 Å². The van der Waals surface area contributed by atoms with Crippen molar-refractivity contribution in [3.05, 3.63) is 87.6 Å². The molecule has 1 aromatic heterocycles. The molecule has 0 saturated carbocycles. The third-order valence-electron chi connectivity index (χ3n) is 8.67. The molecule has 1 atom stereocenters. The fourth-order valence-corrected chi connectivity index (χ4v) is 6.57. The normalized spacial score (nSPS) is 13.6. The number of nitrogens with one attached hydrogen (secondary N) is 2. The van der Waals surface area contributed by atoms with E-state index in [0.717, 1.165) is 16.3 Å². The Morgan fingerprint density at radius 2 is 1.78 bits per heavy atom. The number of anilines is 2. The van der Waals surface area contributed by atoms with E-state index in [1.165, 1.54) is 39.5 Å². The number of hydrogen-bond acceptors (Lipinski definition) is 10. The van der Waals surface area contributed by atoms with Crippen molar-refractivity contribution in [3.63, 3.8) is 0 Å². The number of fused-ring (bicyclic) bond motifs is 4. The van der Waals surface area contributed by atoms with Crippen molar-refractivity contribution < 1.29 is 43.3 Å². The van der Waals surface area contributed by atoms with Crippen molar-refractivity contribution in [2.24, 2.45) is 0 Å². The second-order valence-corrected chi connectivity index (χ2v) is 11.9. The Bertz CT molecular complexity index is 2140. The molecule has 0 fully saturated rings. The Balaban J connectivity index is 1.31. The van der Waals surface area contributed by atoms with Crippen LogP contribution in [0.25, 0.3) is 21.7 Å². The van der Waals surface area contributed by atoms with Crippen LogP contribution in [0.5, 0.6) is 23.0 Å². The SMILES string of the molecule is COc1cc2cc(C(=O)N3CC(CCl)c4c3cc(NC(=O)OCc3ccc([N+](=O)[O-])cc3OCCCO)c3ccccc43)[nH]c2c(OC)c1OC. The molecule has 4 aromatic carbocycles. The minimum Gasteiger partial charge on any atom is -0.493 e. The molecule has 266 valence electrons. The number of aromatic amines is 1. The minimum absolute atomic E-state index is 0.116. The number of alkyl halides is 1. The minimum atomic E-state index is -0.796. The zero-order valence-corrected chi connectivity index (χ0v) is 28.7. The van der Waals surface area contributed by atoms with Crippen LogP contribution in [0.15, 0.2) is 60.7 Å². The summed E-state index contributed by atoms with van der Waals surface area (Å²) in [5.74, 6) is 1.12. The standard InChI is InChI=1S/C36H35ClN4O10/c1-47-30-14-21-13-27(38-32(21)34(49-3)33(30)48-2)35(43)40-18-22(17-37)31-25-8-5-4-7-24(25)26(16-28(31)40)39-36(44)51-19-20-9-10-23(41(45)46)15-29(20)50-12-6-11-42/h4-5,7-10,13-16,22,38,42H,6,11-12,17-19H2,1-3H3,(H,39,44). The highest BCUT2D eigenvalue weighted by Crippen LogP contribution is 2.47. The molecule has 1 aliphatic heterocycles. The number of methoxy groups -OCH3 is 3. The molecule has 1 aliphatic rings. The number of aliphatic hydroxyl groups excluding tert-OH is 1. The first-order valence-corrected chi connectivity index (χ1v) is 16.5. The molecule has 0 aliphatic carbocycles. The van der Waals surface area contributed by atoms with Gasteiger partial charge in [0, 0.05) is 53.8 Å². The molecule has 2 heterocycles. The van der Waals surface area contributed by atoms with Crippen LogP contribution in [0.4, 0.5) is 21.9 Å². The number of nitrogens with zero attached hydrogens (tertiary/aromatic N) is 2. The van der Waals surface area contributed by atoms with E-state index in [1.54, 1.807) is 23.1 Å². The number of amides is 2. The monoisotopic (exact) mass is 718 g/mol. The third kappa shape index (κ3) is 6.75. The van der Waals surface area contributed by atoms with E-state index in [1.807, 2.05) is 24.3 Å². The fourth-order valence-electron chi connectivity index (χ4n) is 6.32. The third-order valence-corrected chi connectivity index (χ3v) is 9.04.